The molecule has 0 aliphatic rings. The molecule has 3 aromatic heterocycles. The molecule has 0 unspecified atom stereocenters. The van der Waals surface area contributed by atoms with E-state index in [0.29, 0.717) is 22.3 Å². The standard InChI is InChI=1S/C19H17N3O3S3/c1-22-17-6-5-14(11-18(17)27-19(22)23)28(24,25)21-16(10-13-7-9-26-12-13)15-4-2-3-8-20-15/h2-9,11-12,16,21H,10H2,1H3/t16-/m0/s1. The lowest BCUT2D eigenvalue weighted by atomic mass is 10.1. The Kier molecular flexibility index (Phi) is 5.15. The molecular formula is C19H17N3O3S3. The van der Waals surface area contributed by atoms with Crippen molar-refractivity contribution in [3.05, 3.63) is 80.3 Å². The van der Waals surface area contributed by atoms with Gasteiger partial charge in [-0.3, -0.25) is 9.78 Å². The van der Waals surface area contributed by atoms with E-state index in [0.717, 1.165) is 16.9 Å². The van der Waals surface area contributed by atoms with E-state index in [4.69, 9.17) is 0 Å². The van der Waals surface area contributed by atoms with Gasteiger partial charge in [-0.25, -0.2) is 13.1 Å². The first-order valence-corrected chi connectivity index (χ1v) is 11.7. The molecule has 0 aliphatic carbocycles. The predicted molar refractivity (Wildman–Crippen MR) is 112 cm³/mol. The van der Waals surface area contributed by atoms with E-state index >= 15 is 0 Å². The van der Waals surface area contributed by atoms with Crippen molar-refractivity contribution in [1.29, 1.82) is 0 Å². The molecule has 3 heterocycles. The van der Waals surface area contributed by atoms with Gasteiger partial charge in [0.1, 0.15) is 0 Å². The summed E-state index contributed by atoms with van der Waals surface area (Å²) in [4.78, 5) is 16.2. The van der Waals surface area contributed by atoms with Crippen LogP contribution in [0.4, 0.5) is 0 Å². The fraction of sp³-hybridized carbons (Fsp3) is 0.158. The van der Waals surface area contributed by atoms with Gasteiger partial charge in [0.2, 0.25) is 10.0 Å². The van der Waals surface area contributed by atoms with Crippen LogP contribution >= 0.6 is 22.7 Å². The Morgan fingerprint density at radius 1 is 1.21 bits per heavy atom. The summed E-state index contributed by atoms with van der Waals surface area (Å²) < 4.78 is 31.1. The number of fused-ring (bicyclic) bond motifs is 1. The normalized spacial score (nSPS) is 13.0. The molecule has 0 saturated carbocycles. The molecule has 0 aliphatic heterocycles. The van der Waals surface area contributed by atoms with Gasteiger partial charge in [-0.2, -0.15) is 11.3 Å². The number of aromatic nitrogens is 2. The van der Waals surface area contributed by atoms with Crippen LogP contribution in [0.25, 0.3) is 10.2 Å². The second-order valence-electron chi connectivity index (χ2n) is 6.32. The summed E-state index contributed by atoms with van der Waals surface area (Å²) in [5, 5.41) is 3.96. The monoisotopic (exact) mass is 431 g/mol. The summed E-state index contributed by atoms with van der Waals surface area (Å²) >= 11 is 2.60. The topological polar surface area (TPSA) is 81.1 Å². The molecule has 9 heteroatoms. The zero-order valence-corrected chi connectivity index (χ0v) is 17.4. The Bertz CT molecular complexity index is 1260. The number of aryl methyl sites for hydroxylation is 1. The zero-order chi connectivity index (χ0) is 19.7. The molecule has 144 valence electrons. The second-order valence-corrected chi connectivity index (χ2v) is 9.81. The number of nitrogens with zero attached hydrogens (tertiary/aromatic N) is 2. The highest BCUT2D eigenvalue weighted by atomic mass is 32.2. The summed E-state index contributed by atoms with van der Waals surface area (Å²) in [5.41, 5.74) is 2.41. The van der Waals surface area contributed by atoms with E-state index in [2.05, 4.69) is 9.71 Å². The van der Waals surface area contributed by atoms with Crippen molar-refractivity contribution in [3.63, 3.8) is 0 Å². The molecule has 0 saturated heterocycles. The van der Waals surface area contributed by atoms with Crippen LogP contribution < -0.4 is 9.60 Å². The fourth-order valence-corrected chi connectivity index (χ4v) is 5.88. The Morgan fingerprint density at radius 3 is 2.79 bits per heavy atom. The minimum atomic E-state index is -3.80. The number of nitrogens with one attached hydrogen (secondary N) is 1. The van der Waals surface area contributed by atoms with Crippen molar-refractivity contribution >= 4 is 42.9 Å². The number of thiazole rings is 1. The maximum absolute atomic E-state index is 13.1. The van der Waals surface area contributed by atoms with E-state index in [1.54, 1.807) is 42.8 Å². The third-order valence-electron chi connectivity index (χ3n) is 4.44. The molecule has 28 heavy (non-hydrogen) atoms. The first kappa shape index (κ1) is 19.0. The van der Waals surface area contributed by atoms with Crippen LogP contribution in [0.1, 0.15) is 17.3 Å². The van der Waals surface area contributed by atoms with E-state index in [1.807, 2.05) is 29.0 Å². The number of hydrogen-bond donors (Lipinski definition) is 1. The Hall–Kier alpha value is -2.33. The van der Waals surface area contributed by atoms with Crippen molar-refractivity contribution in [2.75, 3.05) is 0 Å². The van der Waals surface area contributed by atoms with Crippen LogP contribution in [-0.4, -0.2) is 18.0 Å². The van der Waals surface area contributed by atoms with Crippen molar-refractivity contribution in [2.24, 2.45) is 7.05 Å². The van der Waals surface area contributed by atoms with Crippen molar-refractivity contribution in [1.82, 2.24) is 14.3 Å². The van der Waals surface area contributed by atoms with E-state index in [1.165, 1.54) is 10.6 Å². The Morgan fingerprint density at radius 2 is 2.07 bits per heavy atom. The molecular weight excluding hydrogens is 414 g/mol. The van der Waals surface area contributed by atoms with Crippen molar-refractivity contribution in [2.45, 2.75) is 17.4 Å². The minimum absolute atomic E-state index is 0.124. The molecule has 4 aromatic rings. The van der Waals surface area contributed by atoms with Gasteiger partial charge < -0.3 is 4.57 Å². The van der Waals surface area contributed by atoms with Crippen molar-refractivity contribution < 1.29 is 8.42 Å². The van der Waals surface area contributed by atoms with Crippen LogP contribution in [0.2, 0.25) is 0 Å². The maximum Gasteiger partial charge on any atom is 0.307 e. The molecule has 1 aromatic carbocycles. The third kappa shape index (κ3) is 3.79. The van der Waals surface area contributed by atoms with Gasteiger partial charge in [-0.1, -0.05) is 17.4 Å². The molecule has 0 amide bonds. The predicted octanol–water partition coefficient (Wildman–Crippen LogP) is 3.32. The number of benzene rings is 1. The van der Waals surface area contributed by atoms with Crippen LogP contribution in [0, 0.1) is 0 Å². The largest absolute Gasteiger partial charge is 0.307 e. The third-order valence-corrected chi connectivity index (χ3v) is 7.63. The average molecular weight is 432 g/mol. The van der Waals surface area contributed by atoms with E-state index in [-0.39, 0.29) is 9.77 Å². The van der Waals surface area contributed by atoms with Crippen LogP contribution in [0.15, 0.2) is 69.1 Å². The molecule has 6 nitrogen and oxygen atoms in total. The summed E-state index contributed by atoms with van der Waals surface area (Å²) in [6.45, 7) is 0. The first-order valence-electron chi connectivity index (χ1n) is 8.48. The average Bonchev–Trinajstić information content (AvgIpc) is 3.30. The van der Waals surface area contributed by atoms with Crippen LogP contribution in [0.3, 0.4) is 0 Å². The summed E-state index contributed by atoms with van der Waals surface area (Å²) in [7, 11) is -2.12. The van der Waals surface area contributed by atoms with Gasteiger partial charge in [0.25, 0.3) is 0 Å². The Balaban J connectivity index is 1.69. The van der Waals surface area contributed by atoms with Gasteiger partial charge in [-0.05, 0) is 59.1 Å². The van der Waals surface area contributed by atoms with Crippen LogP contribution in [0.5, 0.6) is 0 Å². The highest BCUT2D eigenvalue weighted by Gasteiger charge is 2.23. The Labute approximate surface area is 170 Å². The minimum Gasteiger partial charge on any atom is -0.302 e. The van der Waals surface area contributed by atoms with Gasteiger partial charge >= 0.3 is 4.87 Å². The first-order chi connectivity index (χ1) is 13.4. The summed E-state index contributed by atoms with van der Waals surface area (Å²) in [6.07, 6.45) is 2.15. The van der Waals surface area contributed by atoms with Gasteiger partial charge in [0.05, 0.1) is 26.8 Å². The number of rotatable bonds is 6. The fourth-order valence-electron chi connectivity index (χ4n) is 2.97. The highest BCUT2D eigenvalue weighted by molar-refractivity contribution is 7.89. The zero-order valence-electron chi connectivity index (χ0n) is 14.9. The molecule has 4 rings (SSSR count). The highest BCUT2D eigenvalue weighted by Crippen LogP contribution is 2.24. The molecule has 1 atom stereocenters. The van der Waals surface area contributed by atoms with Crippen LogP contribution in [-0.2, 0) is 23.5 Å². The quantitative estimate of drug-likeness (QED) is 0.508. The number of sulfonamides is 1. The lowest BCUT2D eigenvalue weighted by molar-refractivity contribution is 0.550. The van der Waals surface area contributed by atoms with E-state index < -0.39 is 16.1 Å². The number of pyridine rings is 1. The molecule has 0 radical (unpaired) electrons. The number of hydrogen-bond acceptors (Lipinski definition) is 6. The molecule has 0 fully saturated rings. The van der Waals surface area contributed by atoms with Gasteiger partial charge in [0.15, 0.2) is 0 Å². The lowest BCUT2D eigenvalue weighted by Gasteiger charge is -2.18. The molecule has 0 spiro atoms. The lowest BCUT2D eigenvalue weighted by Crippen LogP contribution is -2.30. The summed E-state index contributed by atoms with van der Waals surface area (Å²) in [6, 6.07) is 11.7. The van der Waals surface area contributed by atoms with Gasteiger partial charge in [0, 0.05) is 13.2 Å². The molecule has 0 bridgehead atoms. The maximum atomic E-state index is 13.1. The SMILES string of the molecule is Cn1c(=O)sc2cc(S(=O)(=O)N[C@@H](Cc3ccsc3)c3ccccn3)ccc21. The van der Waals surface area contributed by atoms with Gasteiger partial charge in [-0.15, -0.1) is 0 Å². The smallest absolute Gasteiger partial charge is 0.302 e. The number of thiophene rings is 1. The second kappa shape index (κ2) is 7.59. The summed E-state index contributed by atoms with van der Waals surface area (Å²) in [5.74, 6) is 0. The van der Waals surface area contributed by atoms with E-state index in [9.17, 15) is 13.2 Å². The van der Waals surface area contributed by atoms with Crippen molar-refractivity contribution in [3.8, 4) is 0 Å². The molecule has 1 N–H and O–H groups in total.